The van der Waals surface area contributed by atoms with Crippen molar-refractivity contribution in [1.29, 1.82) is 5.26 Å². The molecule has 8 heteroatoms. The Hall–Kier alpha value is -4.12. The molecule has 6 nitrogen and oxygen atoms in total. The minimum Gasteiger partial charge on any atom is -0.454 e. The van der Waals surface area contributed by atoms with Crippen LogP contribution in [0.3, 0.4) is 0 Å². The number of nitrogens with zero attached hydrogens (tertiary/aromatic N) is 4. The van der Waals surface area contributed by atoms with E-state index in [9.17, 15) is 14.0 Å². The summed E-state index contributed by atoms with van der Waals surface area (Å²) < 4.78 is 33.8. The van der Waals surface area contributed by atoms with Gasteiger partial charge in [0.05, 0.1) is 11.6 Å². The molecule has 2 heterocycles. The normalized spacial score (nSPS) is 10.6. The highest BCUT2D eigenvalue weighted by atomic mass is 19.1. The Morgan fingerprint density at radius 2 is 1.81 bits per heavy atom. The second kappa shape index (κ2) is 8.71. The van der Waals surface area contributed by atoms with Gasteiger partial charge in [-0.25, -0.2) is 18.7 Å². The lowest BCUT2D eigenvalue weighted by molar-refractivity contribution is 0.478. The fourth-order valence-electron chi connectivity index (χ4n) is 3.17. The number of hydrogen-bond acceptors (Lipinski definition) is 6. The summed E-state index contributed by atoms with van der Waals surface area (Å²) in [7, 11) is 0. The number of pyridine rings is 1. The average molecular weight is 417 g/mol. The number of hydrogen-bond donors (Lipinski definition) is 1. The number of aromatic nitrogens is 3. The van der Waals surface area contributed by atoms with Crippen LogP contribution in [-0.2, 0) is 6.42 Å². The van der Waals surface area contributed by atoms with Gasteiger partial charge in [0, 0.05) is 12.7 Å². The lowest BCUT2D eigenvalue weighted by Gasteiger charge is -2.11. The van der Waals surface area contributed by atoms with Crippen LogP contribution in [0.25, 0.3) is 10.9 Å². The zero-order chi connectivity index (χ0) is 21.8. The second-order valence-corrected chi connectivity index (χ2v) is 6.84. The molecule has 4 rings (SSSR count). The van der Waals surface area contributed by atoms with E-state index in [2.05, 4.69) is 26.3 Å². The van der Waals surface area contributed by atoms with E-state index in [0.29, 0.717) is 30.0 Å². The van der Waals surface area contributed by atoms with E-state index in [1.54, 1.807) is 25.3 Å². The summed E-state index contributed by atoms with van der Waals surface area (Å²) in [5, 5.41) is 12.4. The van der Waals surface area contributed by atoms with Crippen LogP contribution in [0.5, 0.6) is 11.5 Å². The van der Waals surface area contributed by atoms with Crippen molar-refractivity contribution in [2.24, 2.45) is 0 Å². The number of nitrogens with one attached hydrogen (secondary N) is 1. The molecule has 0 aliphatic rings. The zero-order valence-corrected chi connectivity index (χ0v) is 16.6. The summed E-state index contributed by atoms with van der Waals surface area (Å²) in [5.41, 5.74) is 2.15. The first-order valence-electron chi connectivity index (χ1n) is 9.51. The van der Waals surface area contributed by atoms with Gasteiger partial charge in [0.2, 0.25) is 0 Å². The van der Waals surface area contributed by atoms with Gasteiger partial charge in [-0.15, -0.1) is 0 Å². The topological polar surface area (TPSA) is 83.7 Å². The Morgan fingerprint density at radius 1 is 1.03 bits per heavy atom. The third kappa shape index (κ3) is 4.26. The van der Waals surface area contributed by atoms with Gasteiger partial charge < -0.3 is 10.1 Å². The summed E-state index contributed by atoms with van der Waals surface area (Å²) in [5.74, 6) is 0.0591. The molecule has 0 saturated heterocycles. The monoisotopic (exact) mass is 417 g/mol. The maximum atomic E-state index is 14.2. The lowest BCUT2D eigenvalue weighted by atomic mass is 10.1. The molecular weight excluding hydrogens is 400 g/mol. The number of halogens is 2. The zero-order valence-electron chi connectivity index (χ0n) is 16.6. The summed E-state index contributed by atoms with van der Waals surface area (Å²) in [6.45, 7) is 2.26. The van der Waals surface area contributed by atoms with E-state index in [0.717, 1.165) is 23.3 Å². The van der Waals surface area contributed by atoms with Gasteiger partial charge in [0.1, 0.15) is 46.7 Å². The van der Waals surface area contributed by atoms with Gasteiger partial charge in [0.25, 0.3) is 0 Å². The third-order valence-electron chi connectivity index (χ3n) is 4.76. The van der Waals surface area contributed by atoms with Gasteiger partial charge in [0.15, 0.2) is 5.75 Å². The molecule has 2 aromatic heterocycles. The Kier molecular flexibility index (Phi) is 5.67. The second-order valence-electron chi connectivity index (χ2n) is 6.84. The van der Waals surface area contributed by atoms with E-state index in [1.165, 1.54) is 12.5 Å². The number of fused-ring (bicyclic) bond motifs is 1. The van der Waals surface area contributed by atoms with Crippen molar-refractivity contribution in [2.75, 3.05) is 11.9 Å². The van der Waals surface area contributed by atoms with E-state index < -0.39 is 11.6 Å². The molecule has 2 aromatic carbocycles. The molecule has 154 valence electrons. The largest absolute Gasteiger partial charge is 0.454 e. The predicted octanol–water partition coefficient (Wildman–Crippen LogP) is 4.93. The maximum Gasteiger partial charge on any atom is 0.163 e. The third-order valence-corrected chi connectivity index (χ3v) is 4.76. The van der Waals surface area contributed by atoms with Crippen LogP contribution in [0.1, 0.15) is 16.7 Å². The first kappa shape index (κ1) is 20.2. The van der Waals surface area contributed by atoms with Gasteiger partial charge in [-0.1, -0.05) is 12.1 Å². The Bertz CT molecular complexity index is 1290. The molecule has 0 aliphatic heterocycles. The molecule has 4 aromatic rings. The molecule has 0 unspecified atom stereocenters. The number of ether oxygens (including phenoxy) is 1. The van der Waals surface area contributed by atoms with E-state index in [1.807, 2.05) is 12.1 Å². The van der Waals surface area contributed by atoms with Gasteiger partial charge in [-0.3, -0.25) is 4.98 Å². The highest BCUT2D eigenvalue weighted by Crippen LogP contribution is 2.27. The molecule has 0 bridgehead atoms. The molecule has 0 aliphatic carbocycles. The molecule has 0 atom stereocenters. The summed E-state index contributed by atoms with van der Waals surface area (Å²) in [6, 6.07) is 11.6. The SMILES string of the molecule is Cc1cncc(Oc2ccc(CCNc3ncnc4c(F)ccc(F)c34)cc2)c1C#N. The predicted molar refractivity (Wildman–Crippen MR) is 112 cm³/mol. The fourth-order valence-corrected chi connectivity index (χ4v) is 3.17. The molecule has 1 N–H and O–H groups in total. The lowest BCUT2D eigenvalue weighted by Crippen LogP contribution is -2.08. The van der Waals surface area contributed by atoms with Crippen LogP contribution < -0.4 is 10.1 Å². The van der Waals surface area contributed by atoms with Crippen LogP contribution in [0.4, 0.5) is 14.6 Å². The number of nitriles is 1. The summed E-state index contributed by atoms with van der Waals surface area (Å²) in [6.07, 6.45) is 4.95. The summed E-state index contributed by atoms with van der Waals surface area (Å²) in [4.78, 5) is 11.9. The van der Waals surface area contributed by atoms with Gasteiger partial charge >= 0.3 is 0 Å². The average Bonchev–Trinajstić information content (AvgIpc) is 2.78. The molecule has 0 fully saturated rings. The number of rotatable bonds is 6. The van der Waals surface area contributed by atoms with E-state index >= 15 is 0 Å². The van der Waals surface area contributed by atoms with Crippen LogP contribution in [0, 0.1) is 29.9 Å². The van der Waals surface area contributed by atoms with Crippen LogP contribution in [0.15, 0.2) is 55.1 Å². The quantitative estimate of drug-likeness (QED) is 0.479. The van der Waals surface area contributed by atoms with Crippen molar-refractivity contribution in [3.8, 4) is 17.6 Å². The van der Waals surface area contributed by atoms with Crippen molar-refractivity contribution in [1.82, 2.24) is 15.0 Å². The maximum absolute atomic E-state index is 14.2. The van der Waals surface area contributed by atoms with Crippen molar-refractivity contribution in [2.45, 2.75) is 13.3 Å². The van der Waals surface area contributed by atoms with Crippen LogP contribution in [0.2, 0.25) is 0 Å². The van der Waals surface area contributed by atoms with Crippen molar-refractivity contribution in [3.63, 3.8) is 0 Å². The van der Waals surface area contributed by atoms with Crippen LogP contribution in [-0.4, -0.2) is 21.5 Å². The first-order valence-corrected chi connectivity index (χ1v) is 9.51. The smallest absolute Gasteiger partial charge is 0.163 e. The highest BCUT2D eigenvalue weighted by molar-refractivity contribution is 5.89. The molecule has 0 saturated carbocycles. The van der Waals surface area contributed by atoms with Crippen molar-refractivity contribution in [3.05, 3.63) is 83.4 Å². The fraction of sp³-hybridized carbons (Fsp3) is 0.130. The molecular formula is C23H17F2N5O. The van der Waals surface area contributed by atoms with Crippen LogP contribution >= 0.6 is 0 Å². The standard InChI is InChI=1S/C23H17F2N5O/c1-14-11-27-12-20(17(14)10-26)31-16-4-2-15(3-5-16)8-9-28-23-21-18(24)6-7-19(25)22(21)29-13-30-23/h2-7,11-13H,8-9H2,1H3,(H,28,29,30). The molecule has 0 spiro atoms. The molecule has 0 radical (unpaired) electrons. The first-order chi connectivity index (χ1) is 15.1. The number of anilines is 1. The van der Waals surface area contributed by atoms with E-state index in [4.69, 9.17) is 4.74 Å². The van der Waals surface area contributed by atoms with Crippen molar-refractivity contribution >= 4 is 16.7 Å². The number of aryl methyl sites for hydroxylation is 1. The van der Waals surface area contributed by atoms with Gasteiger partial charge in [-0.2, -0.15) is 5.26 Å². The van der Waals surface area contributed by atoms with Gasteiger partial charge in [-0.05, 0) is 48.7 Å². The Morgan fingerprint density at radius 3 is 2.58 bits per heavy atom. The number of benzene rings is 2. The van der Waals surface area contributed by atoms with Crippen molar-refractivity contribution < 1.29 is 13.5 Å². The minimum atomic E-state index is -0.596. The highest BCUT2D eigenvalue weighted by Gasteiger charge is 2.13. The minimum absolute atomic E-state index is 0.0336. The summed E-state index contributed by atoms with van der Waals surface area (Å²) >= 11 is 0. The Labute approximate surface area is 177 Å². The Balaban J connectivity index is 1.42. The van der Waals surface area contributed by atoms with E-state index in [-0.39, 0.29) is 16.7 Å². The molecule has 31 heavy (non-hydrogen) atoms. The molecule has 0 amide bonds.